The highest BCUT2D eigenvalue weighted by molar-refractivity contribution is 5.83. The second-order valence-corrected chi connectivity index (χ2v) is 11.0. The molecule has 202 valence electrons. The van der Waals surface area contributed by atoms with E-state index in [1.165, 1.54) is 12.1 Å². The number of hydrogen-bond donors (Lipinski definition) is 2. The van der Waals surface area contributed by atoms with Crippen molar-refractivity contribution in [3.05, 3.63) is 23.8 Å². The number of carbonyl (C=O) groups is 4. The third kappa shape index (κ3) is 8.93. The Bertz CT molecular complexity index is 958. The average Bonchev–Trinajstić information content (AvgIpc) is 2.73. The summed E-state index contributed by atoms with van der Waals surface area (Å²) in [5.41, 5.74) is -3.31. The van der Waals surface area contributed by atoms with E-state index >= 15 is 0 Å². The van der Waals surface area contributed by atoms with E-state index in [4.69, 9.17) is 14.2 Å². The lowest BCUT2D eigenvalue weighted by molar-refractivity contribution is -0.184. The van der Waals surface area contributed by atoms with E-state index in [-0.39, 0.29) is 30.4 Å². The standard InChI is InChI=1S/C27H41NO8/c1-10-12-21(29)36-27(22(30)31,28-17(3)11-2)16-18-13-14-19(34-23(32)25(4,5)6)20(15-18)35-24(33)26(7,8)9/h13-15,17,28H,10-12,16H2,1-9H3,(H,30,31)/t17?,27-/m0/s1. The van der Waals surface area contributed by atoms with Gasteiger partial charge in [0.05, 0.1) is 10.8 Å². The molecule has 9 nitrogen and oxygen atoms in total. The molecule has 0 bridgehead atoms. The quantitative estimate of drug-likeness (QED) is 0.250. The lowest BCUT2D eigenvalue weighted by Crippen LogP contribution is -2.59. The minimum absolute atomic E-state index is 0.0232. The average molecular weight is 508 g/mol. The Morgan fingerprint density at radius 1 is 0.917 bits per heavy atom. The molecule has 1 rings (SSSR count). The predicted molar refractivity (Wildman–Crippen MR) is 135 cm³/mol. The molecule has 36 heavy (non-hydrogen) atoms. The smallest absolute Gasteiger partial charge is 0.364 e. The Kier molecular flexibility index (Phi) is 10.7. The van der Waals surface area contributed by atoms with E-state index in [1.54, 1.807) is 61.5 Å². The maximum absolute atomic E-state index is 12.6. The number of carboxylic acids is 1. The molecule has 0 fully saturated rings. The summed E-state index contributed by atoms with van der Waals surface area (Å²) in [6.07, 6.45) is 0.901. The van der Waals surface area contributed by atoms with Crippen LogP contribution in [0.3, 0.4) is 0 Å². The molecule has 0 radical (unpaired) electrons. The van der Waals surface area contributed by atoms with Crippen molar-refractivity contribution in [1.29, 1.82) is 0 Å². The number of aliphatic carboxylic acids is 1. The van der Waals surface area contributed by atoms with Gasteiger partial charge in [-0.3, -0.25) is 19.7 Å². The summed E-state index contributed by atoms with van der Waals surface area (Å²) in [6, 6.07) is 4.14. The molecule has 2 atom stereocenters. The van der Waals surface area contributed by atoms with Gasteiger partial charge in [0.2, 0.25) is 0 Å². The van der Waals surface area contributed by atoms with Gasteiger partial charge in [-0.2, -0.15) is 0 Å². The summed E-state index contributed by atoms with van der Waals surface area (Å²) in [7, 11) is 0. The molecule has 1 aromatic rings. The summed E-state index contributed by atoms with van der Waals surface area (Å²) < 4.78 is 16.6. The third-order valence-corrected chi connectivity index (χ3v) is 5.27. The molecule has 0 saturated heterocycles. The zero-order chi connectivity index (χ0) is 27.9. The summed E-state index contributed by atoms with van der Waals surface area (Å²) in [4.78, 5) is 49.9. The van der Waals surface area contributed by atoms with Crippen molar-refractivity contribution in [3.63, 3.8) is 0 Å². The second kappa shape index (κ2) is 12.3. The largest absolute Gasteiger partial charge is 0.477 e. The summed E-state index contributed by atoms with van der Waals surface area (Å²) in [5.74, 6) is -3.11. The first-order valence-electron chi connectivity index (χ1n) is 12.3. The van der Waals surface area contributed by atoms with Crippen molar-refractivity contribution < 1.29 is 38.5 Å². The zero-order valence-corrected chi connectivity index (χ0v) is 22.9. The second-order valence-electron chi connectivity index (χ2n) is 11.0. The molecule has 0 aliphatic rings. The topological polar surface area (TPSA) is 128 Å². The Balaban J connectivity index is 3.54. The molecule has 0 amide bonds. The maximum Gasteiger partial charge on any atom is 0.364 e. The van der Waals surface area contributed by atoms with Crippen molar-refractivity contribution in [2.75, 3.05) is 0 Å². The fourth-order valence-corrected chi connectivity index (χ4v) is 2.87. The number of rotatable bonds is 11. The molecule has 9 heteroatoms. The SMILES string of the molecule is CCCC(=O)O[C@](Cc1ccc(OC(=O)C(C)(C)C)c(OC(=O)C(C)(C)C)c1)(NC(C)CC)C(=O)O. The van der Waals surface area contributed by atoms with E-state index in [0.29, 0.717) is 18.4 Å². The minimum atomic E-state index is -2.05. The lowest BCUT2D eigenvalue weighted by atomic mass is 9.97. The van der Waals surface area contributed by atoms with Gasteiger partial charge >= 0.3 is 23.9 Å². The van der Waals surface area contributed by atoms with Gasteiger partial charge in [0.25, 0.3) is 5.72 Å². The first kappa shape index (κ1) is 31.1. The van der Waals surface area contributed by atoms with Gasteiger partial charge in [-0.1, -0.05) is 19.9 Å². The van der Waals surface area contributed by atoms with E-state index in [0.717, 1.165) is 0 Å². The Hall–Kier alpha value is -2.94. The normalized spacial score (nSPS) is 14.4. The van der Waals surface area contributed by atoms with E-state index in [1.807, 2.05) is 6.92 Å². The van der Waals surface area contributed by atoms with Crippen molar-refractivity contribution >= 4 is 23.9 Å². The molecular formula is C27H41NO8. The van der Waals surface area contributed by atoms with Crippen LogP contribution in [0.25, 0.3) is 0 Å². The minimum Gasteiger partial charge on any atom is -0.477 e. The Labute approximate surface area is 213 Å². The van der Waals surface area contributed by atoms with Gasteiger partial charge in [-0.15, -0.1) is 0 Å². The van der Waals surface area contributed by atoms with Gasteiger partial charge in [-0.25, -0.2) is 4.79 Å². The molecule has 0 aliphatic carbocycles. The van der Waals surface area contributed by atoms with Crippen LogP contribution in [0, 0.1) is 10.8 Å². The zero-order valence-electron chi connectivity index (χ0n) is 22.9. The van der Waals surface area contributed by atoms with Crippen molar-refractivity contribution in [3.8, 4) is 11.5 Å². The highest BCUT2D eigenvalue weighted by Crippen LogP contribution is 2.34. The van der Waals surface area contributed by atoms with E-state index < -0.39 is 40.4 Å². The van der Waals surface area contributed by atoms with Gasteiger partial charge in [0, 0.05) is 18.9 Å². The molecule has 0 aromatic heterocycles. The van der Waals surface area contributed by atoms with Crippen molar-refractivity contribution in [1.82, 2.24) is 5.32 Å². The molecule has 0 heterocycles. The maximum atomic E-state index is 12.6. The van der Waals surface area contributed by atoms with Crippen LogP contribution in [-0.4, -0.2) is 40.8 Å². The number of carbonyl (C=O) groups excluding carboxylic acids is 3. The third-order valence-electron chi connectivity index (χ3n) is 5.27. The van der Waals surface area contributed by atoms with Crippen LogP contribution >= 0.6 is 0 Å². The monoisotopic (exact) mass is 507 g/mol. The fourth-order valence-electron chi connectivity index (χ4n) is 2.87. The number of carboxylic acid groups (broad SMARTS) is 1. The van der Waals surface area contributed by atoms with Gasteiger partial charge < -0.3 is 19.3 Å². The van der Waals surface area contributed by atoms with Crippen LogP contribution < -0.4 is 14.8 Å². The number of benzene rings is 1. The van der Waals surface area contributed by atoms with E-state index in [2.05, 4.69) is 5.32 Å². The van der Waals surface area contributed by atoms with Crippen LogP contribution in [0.1, 0.15) is 87.1 Å². The highest BCUT2D eigenvalue weighted by Gasteiger charge is 2.44. The van der Waals surface area contributed by atoms with Gasteiger partial charge in [0.15, 0.2) is 11.5 Å². The number of hydrogen-bond acceptors (Lipinski definition) is 8. The Morgan fingerprint density at radius 2 is 1.44 bits per heavy atom. The summed E-state index contributed by atoms with van der Waals surface area (Å²) in [5, 5.41) is 13.1. The molecular weight excluding hydrogens is 466 g/mol. The number of nitrogens with one attached hydrogen (secondary N) is 1. The number of ether oxygens (including phenoxy) is 3. The van der Waals surface area contributed by atoms with Gasteiger partial charge in [0.1, 0.15) is 0 Å². The summed E-state index contributed by atoms with van der Waals surface area (Å²) >= 11 is 0. The molecule has 1 aromatic carbocycles. The van der Waals surface area contributed by atoms with Crippen LogP contribution in [0.2, 0.25) is 0 Å². The van der Waals surface area contributed by atoms with Crippen LogP contribution in [0.4, 0.5) is 0 Å². The number of esters is 3. The van der Waals surface area contributed by atoms with Crippen LogP contribution in [-0.2, 0) is 30.3 Å². The van der Waals surface area contributed by atoms with Crippen LogP contribution in [0.5, 0.6) is 11.5 Å². The van der Waals surface area contributed by atoms with Crippen molar-refractivity contribution in [2.45, 2.75) is 99.8 Å². The van der Waals surface area contributed by atoms with E-state index in [9.17, 15) is 24.3 Å². The van der Waals surface area contributed by atoms with Crippen molar-refractivity contribution in [2.24, 2.45) is 10.8 Å². The van der Waals surface area contributed by atoms with Crippen LogP contribution in [0.15, 0.2) is 18.2 Å². The van der Waals surface area contributed by atoms with Gasteiger partial charge in [-0.05, 0) is 79.0 Å². The Morgan fingerprint density at radius 3 is 1.89 bits per heavy atom. The summed E-state index contributed by atoms with van der Waals surface area (Å²) in [6.45, 7) is 15.6. The molecule has 2 N–H and O–H groups in total. The molecule has 1 unspecified atom stereocenters. The first-order chi connectivity index (χ1) is 16.4. The predicted octanol–water partition coefficient (Wildman–Crippen LogP) is 4.64. The first-order valence-corrected chi connectivity index (χ1v) is 12.3. The molecule has 0 spiro atoms. The molecule has 0 aliphatic heterocycles. The lowest BCUT2D eigenvalue weighted by Gasteiger charge is -2.33. The molecule has 0 saturated carbocycles. The fraction of sp³-hybridized carbons (Fsp3) is 0.630. The highest BCUT2D eigenvalue weighted by atomic mass is 16.6.